The first-order chi connectivity index (χ1) is 8.58. The number of nitrogens with one attached hydrogen (secondary N) is 1. The molecule has 0 amide bonds. The zero-order chi connectivity index (χ0) is 13.0. The van der Waals surface area contributed by atoms with Gasteiger partial charge in [-0.05, 0) is 36.4 Å². The topological polar surface area (TPSA) is 51.1 Å². The Morgan fingerprint density at radius 3 is 2.33 bits per heavy atom. The summed E-state index contributed by atoms with van der Waals surface area (Å²) >= 11 is 3.27. The van der Waals surface area contributed by atoms with Crippen molar-refractivity contribution in [2.45, 2.75) is 11.4 Å². The lowest BCUT2D eigenvalue weighted by Crippen LogP contribution is -2.27. The molecule has 6 heteroatoms. The van der Waals surface area contributed by atoms with Crippen LogP contribution in [0.15, 0.2) is 58.2 Å². The van der Waals surface area contributed by atoms with Crippen molar-refractivity contribution in [2.75, 3.05) is 6.54 Å². The summed E-state index contributed by atoms with van der Waals surface area (Å²) in [5, 5.41) is 0. The van der Waals surface area contributed by atoms with Gasteiger partial charge in [0.05, 0.1) is 4.90 Å². The molecule has 0 atom stereocenters. The van der Waals surface area contributed by atoms with Crippen LogP contribution >= 0.6 is 15.9 Å². The van der Waals surface area contributed by atoms with Gasteiger partial charge in [0.15, 0.2) is 0 Å². The van der Waals surface area contributed by atoms with Crippen molar-refractivity contribution >= 4 is 26.0 Å². The van der Waals surface area contributed by atoms with Gasteiger partial charge in [-0.3, -0.25) is 0 Å². The van der Waals surface area contributed by atoms with Crippen LogP contribution in [0.25, 0.3) is 0 Å². The molecule has 2 aromatic rings. The molecule has 0 aliphatic rings. The molecule has 1 aromatic heterocycles. The van der Waals surface area contributed by atoms with E-state index in [-0.39, 0.29) is 4.90 Å². The van der Waals surface area contributed by atoms with Crippen molar-refractivity contribution < 1.29 is 8.42 Å². The van der Waals surface area contributed by atoms with Crippen molar-refractivity contribution in [3.63, 3.8) is 0 Å². The van der Waals surface area contributed by atoms with Gasteiger partial charge < -0.3 is 4.57 Å². The Kier molecular flexibility index (Phi) is 4.21. The SMILES string of the molecule is O=S(=O)(NCCn1cccc1)c1ccc(Br)cc1. The number of sulfonamides is 1. The molecule has 1 heterocycles. The molecular weight excluding hydrogens is 316 g/mol. The van der Waals surface area contributed by atoms with Crippen LogP contribution in [0.1, 0.15) is 0 Å². The summed E-state index contributed by atoms with van der Waals surface area (Å²) < 4.78 is 29.2. The highest BCUT2D eigenvalue weighted by atomic mass is 79.9. The van der Waals surface area contributed by atoms with Crippen LogP contribution in [0.5, 0.6) is 0 Å². The summed E-state index contributed by atoms with van der Waals surface area (Å²) in [5.41, 5.74) is 0. The number of benzene rings is 1. The number of nitrogens with zero attached hydrogens (tertiary/aromatic N) is 1. The number of hydrogen-bond acceptors (Lipinski definition) is 2. The number of halogens is 1. The normalized spacial score (nSPS) is 11.6. The predicted molar refractivity (Wildman–Crippen MR) is 73.8 cm³/mol. The van der Waals surface area contributed by atoms with Crippen LogP contribution in [0.2, 0.25) is 0 Å². The Balaban J connectivity index is 1.97. The van der Waals surface area contributed by atoms with Crippen molar-refractivity contribution in [1.82, 2.24) is 9.29 Å². The first kappa shape index (κ1) is 13.3. The molecule has 0 aliphatic carbocycles. The van der Waals surface area contributed by atoms with E-state index in [2.05, 4.69) is 20.7 Å². The van der Waals surface area contributed by atoms with Crippen LogP contribution < -0.4 is 4.72 Å². The van der Waals surface area contributed by atoms with Gasteiger partial charge in [0.2, 0.25) is 10.0 Å². The second-order valence-corrected chi connectivity index (χ2v) is 6.46. The van der Waals surface area contributed by atoms with E-state index in [4.69, 9.17) is 0 Å². The number of aromatic nitrogens is 1. The standard InChI is InChI=1S/C12H13BrN2O2S/c13-11-3-5-12(6-4-11)18(16,17)14-7-10-15-8-1-2-9-15/h1-6,8-9,14H,7,10H2. The average Bonchev–Trinajstić information content (AvgIpc) is 2.82. The smallest absolute Gasteiger partial charge is 0.240 e. The van der Waals surface area contributed by atoms with E-state index in [1.807, 2.05) is 29.1 Å². The van der Waals surface area contributed by atoms with Crippen LogP contribution in [0.4, 0.5) is 0 Å². The fourth-order valence-corrected chi connectivity index (χ4v) is 2.81. The van der Waals surface area contributed by atoms with Gasteiger partial charge >= 0.3 is 0 Å². The molecule has 0 saturated carbocycles. The zero-order valence-corrected chi connectivity index (χ0v) is 12.0. The molecule has 0 radical (unpaired) electrons. The lowest BCUT2D eigenvalue weighted by molar-refractivity contribution is 0.573. The maximum atomic E-state index is 11.9. The van der Waals surface area contributed by atoms with E-state index in [0.29, 0.717) is 13.1 Å². The molecular formula is C12H13BrN2O2S. The van der Waals surface area contributed by atoms with E-state index in [1.165, 1.54) is 0 Å². The maximum absolute atomic E-state index is 11.9. The third-order valence-corrected chi connectivity index (χ3v) is 4.46. The number of rotatable bonds is 5. The van der Waals surface area contributed by atoms with Crippen LogP contribution in [-0.4, -0.2) is 19.5 Å². The number of hydrogen-bond donors (Lipinski definition) is 1. The van der Waals surface area contributed by atoms with Crippen LogP contribution in [0, 0.1) is 0 Å². The van der Waals surface area contributed by atoms with Gasteiger partial charge in [-0.15, -0.1) is 0 Å². The first-order valence-corrected chi connectivity index (χ1v) is 7.71. The zero-order valence-electron chi connectivity index (χ0n) is 9.58. The highest BCUT2D eigenvalue weighted by Crippen LogP contribution is 2.14. The maximum Gasteiger partial charge on any atom is 0.240 e. The van der Waals surface area contributed by atoms with Gasteiger partial charge in [0, 0.05) is 30.0 Å². The lowest BCUT2D eigenvalue weighted by atomic mass is 10.4. The molecule has 1 N–H and O–H groups in total. The molecule has 0 saturated heterocycles. The van der Waals surface area contributed by atoms with Crippen molar-refractivity contribution in [3.05, 3.63) is 53.3 Å². The molecule has 0 aliphatic heterocycles. The minimum absolute atomic E-state index is 0.276. The Bertz CT molecular complexity index is 592. The largest absolute Gasteiger partial charge is 0.353 e. The van der Waals surface area contributed by atoms with Gasteiger partial charge in [-0.2, -0.15) is 0 Å². The molecule has 96 valence electrons. The average molecular weight is 329 g/mol. The molecule has 1 aromatic carbocycles. The predicted octanol–water partition coefficient (Wildman–Crippen LogP) is 2.23. The van der Waals surface area contributed by atoms with E-state index < -0.39 is 10.0 Å². The van der Waals surface area contributed by atoms with Crippen molar-refractivity contribution in [3.8, 4) is 0 Å². The van der Waals surface area contributed by atoms with E-state index >= 15 is 0 Å². The van der Waals surface area contributed by atoms with Crippen molar-refractivity contribution in [2.24, 2.45) is 0 Å². The summed E-state index contributed by atoms with van der Waals surface area (Å²) in [4.78, 5) is 0.276. The molecule has 18 heavy (non-hydrogen) atoms. The minimum Gasteiger partial charge on any atom is -0.353 e. The summed E-state index contributed by atoms with van der Waals surface area (Å²) in [5.74, 6) is 0. The van der Waals surface area contributed by atoms with E-state index in [9.17, 15) is 8.42 Å². The second kappa shape index (κ2) is 5.69. The molecule has 2 rings (SSSR count). The molecule has 4 nitrogen and oxygen atoms in total. The summed E-state index contributed by atoms with van der Waals surface area (Å²) in [6.07, 6.45) is 3.79. The van der Waals surface area contributed by atoms with Crippen molar-refractivity contribution in [1.29, 1.82) is 0 Å². The molecule has 0 spiro atoms. The highest BCUT2D eigenvalue weighted by molar-refractivity contribution is 9.10. The van der Waals surface area contributed by atoms with Crippen LogP contribution in [0.3, 0.4) is 0 Å². The minimum atomic E-state index is -3.41. The monoisotopic (exact) mass is 328 g/mol. The summed E-state index contributed by atoms with van der Waals surface area (Å²) in [6.45, 7) is 0.982. The van der Waals surface area contributed by atoms with E-state index in [1.54, 1.807) is 24.3 Å². The molecule has 0 fully saturated rings. The Hall–Kier alpha value is -1.11. The summed E-state index contributed by atoms with van der Waals surface area (Å²) in [6, 6.07) is 10.4. The lowest BCUT2D eigenvalue weighted by Gasteiger charge is -2.07. The highest BCUT2D eigenvalue weighted by Gasteiger charge is 2.12. The first-order valence-electron chi connectivity index (χ1n) is 5.44. The third kappa shape index (κ3) is 3.44. The third-order valence-electron chi connectivity index (χ3n) is 2.45. The van der Waals surface area contributed by atoms with Gasteiger partial charge in [-0.25, -0.2) is 13.1 Å². The Morgan fingerprint density at radius 1 is 1.11 bits per heavy atom. The molecule has 0 unspecified atom stereocenters. The second-order valence-electron chi connectivity index (χ2n) is 3.77. The van der Waals surface area contributed by atoms with Gasteiger partial charge in [0.1, 0.15) is 0 Å². The Labute approximate surface area is 115 Å². The van der Waals surface area contributed by atoms with Gasteiger partial charge in [-0.1, -0.05) is 15.9 Å². The fourth-order valence-electron chi connectivity index (χ4n) is 1.53. The fraction of sp³-hybridized carbons (Fsp3) is 0.167. The van der Waals surface area contributed by atoms with Crippen LogP contribution in [-0.2, 0) is 16.6 Å². The van der Waals surface area contributed by atoms with E-state index in [0.717, 1.165) is 4.47 Å². The Morgan fingerprint density at radius 2 is 1.72 bits per heavy atom. The summed E-state index contributed by atoms with van der Waals surface area (Å²) in [7, 11) is -3.41. The molecule has 0 bridgehead atoms. The quantitative estimate of drug-likeness (QED) is 0.915. The van der Waals surface area contributed by atoms with Gasteiger partial charge in [0.25, 0.3) is 0 Å².